The average Bonchev–Trinajstić information content (AvgIpc) is 2.65. The molecule has 0 atom stereocenters. The quantitative estimate of drug-likeness (QED) is 0.409. The van der Waals surface area contributed by atoms with E-state index in [1.54, 1.807) is 7.05 Å². The topological polar surface area (TPSA) is 99.2 Å². The average molecular weight is 287 g/mol. The van der Waals surface area contributed by atoms with Crippen molar-refractivity contribution in [1.82, 2.24) is 15.1 Å². The number of ether oxygens (including phenoxy) is 1. The van der Waals surface area contributed by atoms with Gasteiger partial charge in [-0.05, 0) is 6.42 Å². The lowest BCUT2D eigenvalue weighted by Crippen LogP contribution is -2.33. The largest absolute Gasteiger partial charge is 0.394 e. The van der Waals surface area contributed by atoms with E-state index in [1.807, 2.05) is 0 Å². The van der Waals surface area contributed by atoms with Crippen LogP contribution in [0.3, 0.4) is 0 Å². The van der Waals surface area contributed by atoms with Crippen LogP contribution in [0.25, 0.3) is 0 Å². The van der Waals surface area contributed by atoms with Gasteiger partial charge in [0.15, 0.2) is 0 Å². The third kappa shape index (κ3) is 5.14. The minimum atomic E-state index is -0.312. The molecule has 1 aliphatic rings. The van der Waals surface area contributed by atoms with E-state index in [2.05, 4.69) is 5.32 Å². The Morgan fingerprint density at radius 1 is 1.40 bits per heavy atom. The maximum Gasteiger partial charge on any atom is 0.326 e. The van der Waals surface area contributed by atoms with E-state index in [9.17, 15) is 14.4 Å². The van der Waals surface area contributed by atoms with Crippen LogP contribution >= 0.6 is 0 Å². The molecule has 0 unspecified atom stereocenters. The predicted octanol–water partition coefficient (Wildman–Crippen LogP) is -1.21. The SMILES string of the molecule is CN1CC(=O)N(CCCC(=O)NCCOCCO)C1=O. The first-order valence-corrected chi connectivity index (χ1v) is 6.57. The highest BCUT2D eigenvalue weighted by Crippen LogP contribution is 2.08. The summed E-state index contributed by atoms with van der Waals surface area (Å²) in [6.07, 6.45) is 0.690. The molecule has 1 fully saturated rings. The summed E-state index contributed by atoms with van der Waals surface area (Å²) in [5, 5.41) is 11.1. The van der Waals surface area contributed by atoms with Crippen LogP contribution in [0.5, 0.6) is 0 Å². The Morgan fingerprint density at radius 3 is 2.75 bits per heavy atom. The molecule has 0 spiro atoms. The summed E-state index contributed by atoms with van der Waals surface area (Å²) in [4.78, 5) is 37.0. The number of rotatable bonds is 9. The van der Waals surface area contributed by atoms with Crippen molar-refractivity contribution >= 4 is 17.8 Å². The molecule has 1 aliphatic heterocycles. The molecule has 1 saturated heterocycles. The number of aliphatic hydroxyl groups is 1. The second-order valence-electron chi connectivity index (χ2n) is 4.47. The Morgan fingerprint density at radius 2 is 2.15 bits per heavy atom. The molecule has 1 heterocycles. The van der Waals surface area contributed by atoms with Gasteiger partial charge >= 0.3 is 6.03 Å². The summed E-state index contributed by atoms with van der Waals surface area (Å²) in [6, 6.07) is -0.312. The Kier molecular flexibility index (Phi) is 6.96. The maximum atomic E-state index is 11.6. The van der Waals surface area contributed by atoms with Crippen LogP contribution < -0.4 is 5.32 Å². The molecule has 0 aromatic carbocycles. The minimum absolute atomic E-state index is 0.0414. The molecule has 0 bridgehead atoms. The number of nitrogens with zero attached hydrogens (tertiary/aromatic N) is 2. The van der Waals surface area contributed by atoms with Crippen molar-refractivity contribution in [3.63, 3.8) is 0 Å². The third-order valence-electron chi connectivity index (χ3n) is 2.82. The summed E-state index contributed by atoms with van der Waals surface area (Å²) in [7, 11) is 1.57. The molecule has 8 nitrogen and oxygen atoms in total. The molecular weight excluding hydrogens is 266 g/mol. The van der Waals surface area contributed by atoms with E-state index in [1.165, 1.54) is 4.90 Å². The second kappa shape index (κ2) is 8.49. The molecule has 0 aromatic heterocycles. The third-order valence-corrected chi connectivity index (χ3v) is 2.82. The number of urea groups is 1. The fraction of sp³-hybridized carbons (Fsp3) is 0.750. The lowest BCUT2D eigenvalue weighted by molar-refractivity contribution is -0.126. The first-order chi connectivity index (χ1) is 9.56. The van der Waals surface area contributed by atoms with Crippen LogP contribution in [0.15, 0.2) is 0 Å². The molecule has 0 saturated carbocycles. The zero-order chi connectivity index (χ0) is 15.0. The molecule has 0 aromatic rings. The number of carbonyl (C=O) groups is 3. The summed E-state index contributed by atoms with van der Waals surface area (Å²) < 4.78 is 4.99. The number of amides is 4. The van der Waals surface area contributed by atoms with E-state index < -0.39 is 0 Å². The smallest absolute Gasteiger partial charge is 0.326 e. The van der Waals surface area contributed by atoms with Crippen molar-refractivity contribution in [2.75, 3.05) is 46.5 Å². The molecule has 8 heteroatoms. The lowest BCUT2D eigenvalue weighted by atomic mass is 10.3. The Hall–Kier alpha value is -1.67. The molecule has 0 aliphatic carbocycles. The van der Waals surface area contributed by atoms with Crippen molar-refractivity contribution in [2.45, 2.75) is 12.8 Å². The van der Waals surface area contributed by atoms with Crippen molar-refractivity contribution in [2.24, 2.45) is 0 Å². The highest BCUT2D eigenvalue weighted by molar-refractivity contribution is 6.01. The van der Waals surface area contributed by atoms with Crippen LogP contribution in [-0.2, 0) is 14.3 Å². The van der Waals surface area contributed by atoms with Crippen molar-refractivity contribution in [1.29, 1.82) is 0 Å². The highest BCUT2D eigenvalue weighted by Gasteiger charge is 2.32. The molecule has 20 heavy (non-hydrogen) atoms. The highest BCUT2D eigenvalue weighted by atomic mass is 16.5. The van der Waals surface area contributed by atoms with Gasteiger partial charge in [0, 0.05) is 26.6 Å². The molecule has 2 N–H and O–H groups in total. The van der Waals surface area contributed by atoms with Crippen LogP contribution in [0, 0.1) is 0 Å². The number of carbonyl (C=O) groups excluding carboxylic acids is 3. The van der Waals surface area contributed by atoms with E-state index in [0.717, 1.165) is 4.90 Å². The Labute approximate surface area is 117 Å². The maximum absolute atomic E-state index is 11.6. The number of aliphatic hydroxyl groups excluding tert-OH is 1. The van der Waals surface area contributed by atoms with E-state index in [0.29, 0.717) is 19.6 Å². The van der Waals surface area contributed by atoms with Crippen molar-refractivity contribution in [3.8, 4) is 0 Å². The van der Waals surface area contributed by atoms with Crippen LogP contribution in [0.2, 0.25) is 0 Å². The second-order valence-corrected chi connectivity index (χ2v) is 4.47. The molecule has 114 valence electrons. The van der Waals surface area contributed by atoms with Crippen LogP contribution in [0.1, 0.15) is 12.8 Å². The lowest BCUT2D eigenvalue weighted by Gasteiger charge is -2.13. The van der Waals surface area contributed by atoms with Gasteiger partial charge in [-0.15, -0.1) is 0 Å². The van der Waals surface area contributed by atoms with Gasteiger partial charge in [0.25, 0.3) is 0 Å². The molecular formula is C12H21N3O5. The first kappa shape index (κ1) is 16.4. The first-order valence-electron chi connectivity index (χ1n) is 6.57. The van der Waals surface area contributed by atoms with Crippen molar-refractivity contribution in [3.05, 3.63) is 0 Å². The number of hydrogen-bond donors (Lipinski definition) is 2. The van der Waals surface area contributed by atoms with Gasteiger partial charge in [0.05, 0.1) is 19.8 Å². The standard InChI is InChI=1S/C12H21N3O5/c1-14-9-11(18)15(12(14)19)5-2-3-10(17)13-4-7-20-8-6-16/h16H,2-9H2,1H3,(H,13,17). The molecule has 1 rings (SSSR count). The molecule has 4 amide bonds. The van der Waals surface area contributed by atoms with E-state index in [4.69, 9.17) is 9.84 Å². The van der Waals surface area contributed by atoms with Gasteiger partial charge < -0.3 is 20.1 Å². The molecule has 0 radical (unpaired) electrons. The van der Waals surface area contributed by atoms with Crippen LogP contribution in [0.4, 0.5) is 4.79 Å². The van der Waals surface area contributed by atoms with Crippen LogP contribution in [-0.4, -0.2) is 79.3 Å². The van der Waals surface area contributed by atoms with Gasteiger partial charge in [-0.3, -0.25) is 14.5 Å². The normalized spacial score (nSPS) is 15.1. The monoisotopic (exact) mass is 287 g/mol. The number of nitrogens with one attached hydrogen (secondary N) is 1. The van der Waals surface area contributed by atoms with Gasteiger partial charge in [-0.2, -0.15) is 0 Å². The van der Waals surface area contributed by atoms with E-state index in [-0.39, 0.29) is 50.6 Å². The summed E-state index contributed by atoms with van der Waals surface area (Å²) in [5.41, 5.74) is 0. The summed E-state index contributed by atoms with van der Waals surface area (Å²) in [5.74, 6) is -0.375. The van der Waals surface area contributed by atoms with Gasteiger partial charge in [-0.1, -0.05) is 0 Å². The van der Waals surface area contributed by atoms with E-state index >= 15 is 0 Å². The summed E-state index contributed by atoms with van der Waals surface area (Å²) >= 11 is 0. The fourth-order valence-electron chi connectivity index (χ4n) is 1.80. The Balaban J connectivity index is 2.10. The zero-order valence-corrected chi connectivity index (χ0v) is 11.6. The summed E-state index contributed by atoms with van der Waals surface area (Å²) in [6.45, 7) is 1.30. The Bertz CT molecular complexity index is 361. The van der Waals surface area contributed by atoms with Crippen molar-refractivity contribution < 1.29 is 24.2 Å². The number of imide groups is 1. The fourth-order valence-corrected chi connectivity index (χ4v) is 1.80. The van der Waals surface area contributed by atoms with Gasteiger partial charge in [0.2, 0.25) is 11.8 Å². The zero-order valence-electron chi connectivity index (χ0n) is 11.6. The number of likely N-dealkylation sites (N-methyl/N-ethyl adjacent to an activating group) is 1. The number of hydrogen-bond acceptors (Lipinski definition) is 5. The van der Waals surface area contributed by atoms with Gasteiger partial charge in [0.1, 0.15) is 6.54 Å². The predicted molar refractivity (Wildman–Crippen MR) is 69.9 cm³/mol. The minimum Gasteiger partial charge on any atom is -0.394 e. The van der Waals surface area contributed by atoms with Gasteiger partial charge in [-0.25, -0.2) is 4.79 Å².